The second kappa shape index (κ2) is 6.32. The number of thiophene rings is 1. The number of nitrogens with one attached hydrogen (secondary N) is 1. The first kappa shape index (κ1) is 14.9. The number of nitrogens with zero attached hydrogens (tertiary/aromatic N) is 1. The van der Waals surface area contributed by atoms with Gasteiger partial charge in [-0.15, -0.1) is 11.3 Å². The van der Waals surface area contributed by atoms with E-state index in [2.05, 4.69) is 21.2 Å². The molecular weight excluding hydrogens is 347 g/mol. The predicted molar refractivity (Wildman–Crippen MR) is 81.8 cm³/mol. The molecule has 4 nitrogen and oxygen atoms in total. The van der Waals surface area contributed by atoms with Crippen LogP contribution < -0.4 is 5.32 Å². The first-order valence-electron chi connectivity index (χ1n) is 5.95. The van der Waals surface area contributed by atoms with Crippen molar-refractivity contribution in [2.75, 3.05) is 5.32 Å². The molecule has 2 aromatic rings. The Morgan fingerprint density at radius 2 is 2.25 bits per heavy atom. The molecule has 1 aromatic carbocycles. The molecule has 1 heterocycles. The van der Waals surface area contributed by atoms with E-state index >= 15 is 0 Å². The van der Waals surface area contributed by atoms with Gasteiger partial charge in [0.25, 0.3) is 5.69 Å². The zero-order chi connectivity index (χ0) is 14.7. The van der Waals surface area contributed by atoms with Crippen LogP contribution in [0.4, 0.5) is 15.8 Å². The molecule has 0 aliphatic carbocycles. The summed E-state index contributed by atoms with van der Waals surface area (Å²) in [5.74, 6) is -0.528. The Kier molecular flexibility index (Phi) is 4.72. The first-order chi connectivity index (χ1) is 9.52. The van der Waals surface area contributed by atoms with Crippen molar-refractivity contribution in [3.05, 3.63) is 54.4 Å². The highest BCUT2D eigenvalue weighted by molar-refractivity contribution is 9.10. The second-order valence-corrected chi connectivity index (χ2v) is 5.97. The molecule has 0 atom stereocenters. The molecule has 0 fully saturated rings. The van der Waals surface area contributed by atoms with Crippen LogP contribution in [0.25, 0.3) is 0 Å². The van der Waals surface area contributed by atoms with Crippen LogP contribution in [0.15, 0.2) is 28.1 Å². The largest absolute Gasteiger partial charge is 0.374 e. The molecule has 1 N–H and O–H groups in total. The van der Waals surface area contributed by atoms with Crippen molar-refractivity contribution >= 4 is 38.6 Å². The molecule has 1 aromatic heterocycles. The number of nitro benzene ring substituents is 1. The van der Waals surface area contributed by atoms with Crippen LogP contribution >= 0.6 is 27.3 Å². The number of aryl methyl sites for hydroxylation is 1. The van der Waals surface area contributed by atoms with Crippen molar-refractivity contribution < 1.29 is 9.31 Å². The molecule has 0 bridgehead atoms. The highest BCUT2D eigenvalue weighted by Crippen LogP contribution is 2.31. The normalized spacial score (nSPS) is 10.6. The molecule has 0 amide bonds. The lowest BCUT2D eigenvalue weighted by atomic mass is 10.2. The minimum absolute atomic E-state index is 0.0834. The molecule has 0 radical (unpaired) electrons. The van der Waals surface area contributed by atoms with Crippen molar-refractivity contribution in [2.24, 2.45) is 0 Å². The van der Waals surface area contributed by atoms with Gasteiger partial charge < -0.3 is 5.32 Å². The lowest BCUT2D eigenvalue weighted by molar-refractivity contribution is -0.384. The number of halogens is 2. The molecule has 0 spiro atoms. The maximum absolute atomic E-state index is 13.5. The fourth-order valence-electron chi connectivity index (χ4n) is 1.84. The Labute approximate surface area is 127 Å². The number of rotatable bonds is 5. The van der Waals surface area contributed by atoms with Crippen molar-refractivity contribution in [1.82, 2.24) is 0 Å². The fourth-order valence-corrected chi connectivity index (χ4v) is 3.09. The van der Waals surface area contributed by atoms with Gasteiger partial charge in [-0.05, 0) is 39.4 Å². The number of hydrogen-bond acceptors (Lipinski definition) is 4. The number of hydrogen-bond donors (Lipinski definition) is 1. The lowest BCUT2D eigenvalue weighted by Crippen LogP contribution is -2.03. The van der Waals surface area contributed by atoms with Gasteiger partial charge in [0.05, 0.1) is 9.40 Å². The second-order valence-electron chi connectivity index (χ2n) is 4.12. The van der Waals surface area contributed by atoms with Crippen molar-refractivity contribution in [2.45, 2.75) is 19.9 Å². The Morgan fingerprint density at radius 1 is 1.50 bits per heavy atom. The van der Waals surface area contributed by atoms with E-state index in [4.69, 9.17) is 0 Å². The Bertz CT molecular complexity index is 645. The number of nitro groups is 1. The van der Waals surface area contributed by atoms with Gasteiger partial charge in [0.15, 0.2) is 0 Å². The van der Waals surface area contributed by atoms with E-state index in [1.165, 1.54) is 11.6 Å². The van der Waals surface area contributed by atoms with Crippen LogP contribution in [0.3, 0.4) is 0 Å². The van der Waals surface area contributed by atoms with Crippen LogP contribution in [0.5, 0.6) is 0 Å². The van der Waals surface area contributed by atoms with Gasteiger partial charge in [0.1, 0.15) is 11.5 Å². The average molecular weight is 359 g/mol. The van der Waals surface area contributed by atoms with E-state index in [1.807, 2.05) is 18.4 Å². The summed E-state index contributed by atoms with van der Waals surface area (Å²) < 4.78 is 13.6. The van der Waals surface area contributed by atoms with Crippen LogP contribution in [0.1, 0.15) is 17.4 Å². The maximum atomic E-state index is 13.5. The number of benzene rings is 1. The zero-order valence-electron chi connectivity index (χ0n) is 10.7. The molecule has 106 valence electrons. The maximum Gasteiger partial charge on any atom is 0.293 e. The minimum atomic E-state index is -0.528. The molecular formula is C13H12BrFN2O2S. The third-order valence-corrected chi connectivity index (χ3v) is 4.46. The van der Waals surface area contributed by atoms with Gasteiger partial charge >= 0.3 is 0 Å². The molecule has 0 aliphatic rings. The van der Waals surface area contributed by atoms with E-state index in [0.29, 0.717) is 6.54 Å². The third kappa shape index (κ3) is 3.16. The monoisotopic (exact) mass is 358 g/mol. The Hall–Kier alpha value is -1.47. The quantitative estimate of drug-likeness (QED) is 0.620. The summed E-state index contributed by atoms with van der Waals surface area (Å²) in [6, 6.07) is 4.34. The average Bonchev–Trinajstić information content (AvgIpc) is 2.86. The molecule has 7 heteroatoms. The standard InChI is InChI=1S/C13H12BrFN2O2S/c1-2-8-3-4-20-13(8)7-16-11-6-10(15)9(14)5-12(11)17(18)19/h3-6,16H,2,7H2,1H3. The van der Waals surface area contributed by atoms with Crippen LogP contribution in [0, 0.1) is 15.9 Å². The van der Waals surface area contributed by atoms with Gasteiger partial charge in [0, 0.05) is 23.6 Å². The van der Waals surface area contributed by atoms with Crippen molar-refractivity contribution in [1.29, 1.82) is 0 Å². The fraction of sp³-hybridized carbons (Fsp3) is 0.231. The smallest absolute Gasteiger partial charge is 0.293 e. The minimum Gasteiger partial charge on any atom is -0.374 e. The van der Waals surface area contributed by atoms with Crippen molar-refractivity contribution in [3.63, 3.8) is 0 Å². The van der Waals surface area contributed by atoms with E-state index < -0.39 is 10.7 Å². The summed E-state index contributed by atoms with van der Waals surface area (Å²) in [4.78, 5) is 11.6. The van der Waals surface area contributed by atoms with E-state index in [9.17, 15) is 14.5 Å². The number of anilines is 1. The molecule has 0 aliphatic heterocycles. The van der Waals surface area contributed by atoms with Gasteiger partial charge in [0.2, 0.25) is 0 Å². The molecule has 20 heavy (non-hydrogen) atoms. The van der Waals surface area contributed by atoms with Gasteiger partial charge in [-0.1, -0.05) is 6.92 Å². The van der Waals surface area contributed by atoms with Gasteiger partial charge in [-0.25, -0.2) is 4.39 Å². The summed E-state index contributed by atoms with van der Waals surface area (Å²) in [5, 5.41) is 15.9. The van der Waals surface area contributed by atoms with Crippen LogP contribution in [-0.4, -0.2) is 4.92 Å². The molecule has 0 saturated carbocycles. The molecule has 0 saturated heterocycles. The van der Waals surface area contributed by atoms with E-state index in [-0.39, 0.29) is 15.8 Å². The summed E-state index contributed by atoms with van der Waals surface area (Å²) in [5.41, 5.74) is 1.24. The topological polar surface area (TPSA) is 55.2 Å². The van der Waals surface area contributed by atoms with Crippen molar-refractivity contribution in [3.8, 4) is 0 Å². The Balaban J connectivity index is 2.25. The highest BCUT2D eigenvalue weighted by Gasteiger charge is 2.17. The SMILES string of the molecule is CCc1ccsc1CNc1cc(F)c(Br)cc1[N+](=O)[O-]. The third-order valence-electron chi connectivity index (χ3n) is 2.89. The van der Waals surface area contributed by atoms with Gasteiger partial charge in [-0.2, -0.15) is 0 Å². The van der Waals surface area contributed by atoms with E-state index in [1.54, 1.807) is 11.3 Å². The summed E-state index contributed by atoms with van der Waals surface area (Å²) in [6.45, 7) is 2.50. The zero-order valence-corrected chi connectivity index (χ0v) is 13.1. The lowest BCUT2D eigenvalue weighted by Gasteiger charge is -2.08. The molecule has 2 rings (SSSR count). The highest BCUT2D eigenvalue weighted by atomic mass is 79.9. The summed E-state index contributed by atoms with van der Waals surface area (Å²) in [7, 11) is 0. The Morgan fingerprint density at radius 3 is 2.90 bits per heavy atom. The van der Waals surface area contributed by atoms with Crippen LogP contribution in [-0.2, 0) is 13.0 Å². The van der Waals surface area contributed by atoms with Gasteiger partial charge in [-0.3, -0.25) is 10.1 Å². The summed E-state index contributed by atoms with van der Waals surface area (Å²) >= 11 is 4.54. The molecule has 0 unspecified atom stereocenters. The van der Waals surface area contributed by atoms with E-state index in [0.717, 1.165) is 17.4 Å². The predicted octanol–water partition coefficient (Wildman–Crippen LogP) is 4.73. The van der Waals surface area contributed by atoms with Crippen LogP contribution in [0.2, 0.25) is 0 Å². The summed E-state index contributed by atoms with van der Waals surface area (Å²) in [6.07, 6.45) is 0.900. The first-order valence-corrected chi connectivity index (χ1v) is 7.62.